The summed E-state index contributed by atoms with van der Waals surface area (Å²) in [6, 6.07) is 8.51. The van der Waals surface area contributed by atoms with Gasteiger partial charge in [0.05, 0.1) is 13.2 Å². The van der Waals surface area contributed by atoms with E-state index in [-0.39, 0.29) is 12.0 Å². The molecule has 1 unspecified atom stereocenters. The molecule has 134 valence electrons. The molecule has 0 spiro atoms. The molecule has 0 heterocycles. The number of guanidine groups is 1. The molecular weight excluding hydrogens is 302 g/mol. The van der Waals surface area contributed by atoms with E-state index >= 15 is 0 Å². The Morgan fingerprint density at radius 1 is 1.29 bits per heavy atom. The predicted molar refractivity (Wildman–Crippen MR) is 98.8 cm³/mol. The van der Waals surface area contributed by atoms with Gasteiger partial charge in [0.2, 0.25) is 0 Å². The van der Waals surface area contributed by atoms with Gasteiger partial charge in [0, 0.05) is 25.0 Å². The van der Waals surface area contributed by atoms with Crippen molar-refractivity contribution < 1.29 is 9.84 Å². The van der Waals surface area contributed by atoms with Gasteiger partial charge in [0.15, 0.2) is 5.96 Å². The SMILES string of the molecule is CCNC(=NCC(C)c1ccccc1OC)NC1CCC(O)CC1. The van der Waals surface area contributed by atoms with E-state index in [2.05, 4.69) is 30.5 Å². The Kier molecular flexibility index (Phi) is 7.37. The van der Waals surface area contributed by atoms with Crippen LogP contribution in [0.4, 0.5) is 0 Å². The maximum absolute atomic E-state index is 9.63. The minimum atomic E-state index is -0.131. The Hall–Kier alpha value is -1.75. The average molecular weight is 333 g/mol. The summed E-state index contributed by atoms with van der Waals surface area (Å²) in [5, 5.41) is 16.5. The Balaban J connectivity index is 1.97. The molecule has 1 atom stereocenters. The highest BCUT2D eigenvalue weighted by Gasteiger charge is 2.20. The van der Waals surface area contributed by atoms with E-state index in [4.69, 9.17) is 9.73 Å². The number of benzene rings is 1. The molecule has 1 aliphatic rings. The molecule has 1 aromatic carbocycles. The molecule has 1 saturated carbocycles. The lowest BCUT2D eigenvalue weighted by atomic mass is 9.93. The van der Waals surface area contributed by atoms with Gasteiger partial charge in [0.1, 0.15) is 5.75 Å². The summed E-state index contributed by atoms with van der Waals surface area (Å²) >= 11 is 0. The number of rotatable bonds is 6. The molecule has 5 heteroatoms. The van der Waals surface area contributed by atoms with Crippen LogP contribution < -0.4 is 15.4 Å². The summed E-state index contributed by atoms with van der Waals surface area (Å²) < 4.78 is 5.45. The summed E-state index contributed by atoms with van der Waals surface area (Å²) in [5.41, 5.74) is 1.18. The van der Waals surface area contributed by atoms with E-state index in [0.29, 0.717) is 12.6 Å². The van der Waals surface area contributed by atoms with Crippen molar-refractivity contribution in [2.45, 2.75) is 57.6 Å². The van der Waals surface area contributed by atoms with Gasteiger partial charge in [-0.1, -0.05) is 25.1 Å². The van der Waals surface area contributed by atoms with Crippen molar-refractivity contribution in [2.75, 3.05) is 20.2 Å². The molecule has 0 aromatic heterocycles. The van der Waals surface area contributed by atoms with Crippen LogP contribution in [0, 0.1) is 0 Å². The lowest BCUT2D eigenvalue weighted by Gasteiger charge is -2.27. The predicted octanol–water partition coefficient (Wildman–Crippen LogP) is 2.66. The number of aliphatic hydroxyl groups excluding tert-OH is 1. The van der Waals surface area contributed by atoms with Gasteiger partial charge in [-0.3, -0.25) is 4.99 Å². The Morgan fingerprint density at radius 2 is 2.00 bits per heavy atom. The third-order valence-corrected chi connectivity index (χ3v) is 4.57. The molecule has 0 radical (unpaired) electrons. The number of aliphatic hydroxyl groups is 1. The Morgan fingerprint density at radius 3 is 2.67 bits per heavy atom. The van der Waals surface area contributed by atoms with E-state index in [0.717, 1.165) is 43.9 Å². The number of para-hydroxylation sites is 1. The van der Waals surface area contributed by atoms with Crippen molar-refractivity contribution in [3.8, 4) is 5.75 Å². The monoisotopic (exact) mass is 333 g/mol. The highest BCUT2D eigenvalue weighted by molar-refractivity contribution is 5.80. The zero-order valence-corrected chi connectivity index (χ0v) is 15.1. The standard InChI is InChI=1S/C19H31N3O2/c1-4-20-19(22-15-9-11-16(23)12-10-15)21-13-14(2)17-7-5-6-8-18(17)24-3/h5-8,14-16,23H,4,9-13H2,1-3H3,(H2,20,21,22). The van der Waals surface area contributed by atoms with Gasteiger partial charge >= 0.3 is 0 Å². The highest BCUT2D eigenvalue weighted by atomic mass is 16.5. The van der Waals surface area contributed by atoms with Crippen LogP contribution in [0.3, 0.4) is 0 Å². The fraction of sp³-hybridized carbons (Fsp3) is 0.632. The Bertz CT molecular complexity index is 525. The molecule has 1 aliphatic carbocycles. The Labute approximate surface area is 145 Å². The molecule has 2 rings (SSSR count). The number of hydrogen-bond acceptors (Lipinski definition) is 3. The molecule has 0 aliphatic heterocycles. The maximum Gasteiger partial charge on any atom is 0.191 e. The lowest BCUT2D eigenvalue weighted by Crippen LogP contribution is -2.45. The summed E-state index contributed by atoms with van der Waals surface area (Å²) in [7, 11) is 1.71. The number of hydrogen-bond donors (Lipinski definition) is 3. The zero-order chi connectivity index (χ0) is 17.4. The van der Waals surface area contributed by atoms with Crippen LogP contribution in [0.2, 0.25) is 0 Å². The normalized spacial score (nSPS) is 22.8. The topological polar surface area (TPSA) is 65.9 Å². The third-order valence-electron chi connectivity index (χ3n) is 4.57. The molecular formula is C19H31N3O2. The van der Waals surface area contributed by atoms with E-state index in [1.165, 1.54) is 5.56 Å². The summed E-state index contributed by atoms with van der Waals surface area (Å²) in [6.45, 7) is 5.78. The van der Waals surface area contributed by atoms with Crippen LogP contribution in [-0.4, -0.2) is 43.4 Å². The smallest absolute Gasteiger partial charge is 0.191 e. The number of nitrogens with one attached hydrogen (secondary N) is 2. The van der Waals surface area contributed by atoms with Gasteiger partial charge in [0.25, 0.3) is 0 Å². The second kappa shape index (κ2) is 9.52. The number of ether oxygens (including phenoxy) is 1. The molecule has 0 amide bonds. The molecule has 3 N–H and O–H groups in total. The van der Waals surface area contributed by atoms with Crippen LogP contribution in [0.15, 0.2) is 29.3 Å². The highest BCUT2D eigenvalue weighted by Crippen LogP contribution is 2.26. The molecule has 24 heavy (non-hydrogen) atoms. The summed E-state index contributed by atoms with van der Waals surface area (Å²) in [5.74, 6) is 2.06. The van der Waals surface area contributed by atoms with Crippen LogP contribution in [0.25, 0.3) is 0 Å². The number of methoxy groups -OCH3 is 1. The van der Waals surface area contributed by atoms with Crippen LogP contribution in [0.5, 0.6) is 5.75 Å². The first kappa shape index (κ1) is 18.6. The van der Waals surface area contributed by atoms with E-state index in [1.54, 1.807) is 7.11 Å². The number of nitrogens with zero attached hydrogens (tertiary/aromatic N) is 1. The largest absolute Gasteiger partial charge is 0.496 e. The summed E-state index contributed by atoms with van der Waals surface area (Å²) in [6.07, 6.45) is 3.60. The zero-order valence-electron chi connectivity index (χ0n) is 15.1. The van der Waals surface area contributed by atoms with Crippen molar-refractivity contribution in [3.63, 3.8) is 0 Å². The van der Waals surface area contributed by atoms with Gasteiger partial charge < -0.3 is 20.5 Å². The van der Waals surface area contributed by atoms with Gasteiger partial charge in [-0.15, -0.1) is 0 Å². The van der Waals surface area contributed by atoms with Gasteiger partial charge in [-0.2, -0.15) is 0 Å². The molecule has 1 fully saturated rings. The summed E-state index contributed by atoms with van der Waals surface area (Å²) in [4.78, 5) is 4.75. The first-order chi connectivity index (χ1) is 11.6. The quantitative estimate of drug-likeness (QED) is 0.553. The van der Waals surface area contributed by atoms with Crippen molar-refractivity contribution in [2.24, 2.45) is 4.99 Å². The van der Waals surface area contributed by atoms with Crippen molar-refractivity contribution in [1.82, 2.24) is 10.6 Å². The van der Waals surface area contributed by atoms with Gasteiger partial charge in [-0.05, 0) is 44.2 Å². The van der Waals surface area contributed by atoms with Crippen LogP contribution in [-0.2, 0) is 0 Å². The van der Waals surface area contributed by atoms with E-state index in [1.807, 2.05) is 18.2 Å². The van der Waals surface area contributed by atoms with Crippen molar-refractivity contribution in [1.29, 1.82) is 0 Å². The van der Waals surface area contributed by atoms with Crippen molar-refractivity contribution in [3.05, 3.63) is 29.8 Å². The van der Waals surface area contributed by atoms with Crippen molar-refractivity contribution >= 4 is 5.96 Å². The van der Waals surface area contributed by atoms with E-state index < -0.39 is 0 Å². The van der Waals surface area contributed by atoms with E-state index in [9.17, 15) is 5.11 Å². The van der Waals surface area contributed by atoms with Crippen LogP contribution in [0.1, 0.15) is 51.0 Å². The molecule has 1 aromatic rings. The molecule has 0 saturated heterocycles. The minimum absolute atomic E-state index is 0.131. The maximum atomic E-state index is 9.63. The van der Waals surface area contributed by atoms with Gasteiger partial charge in [-0.25, -0.2) is 0 Å². The fourth-order valence-electron chi connectivity index (χ4n) is 3.13. The molecule has 0 bridgehead atoms. The second-order valence-electron chi connectivity index (χ2n) is 6.51. The first-order valence-electron chi connectivity index (χ1n) is 8.99. The van der Waals surface area contributed by atoms with Crippen LogP contribution >= 0.6 is 0 Å². The fourth-order valence-corrected chi connectivity index (χ4v) is 3.13. The first-order valence-corrected chi connectivity index (χ1v) is 8.99. The molecule has 5 nitrogen and oxygen atoms in total. The minimum Gasteiger partial charge on any atom is -0.496 e. The average Bonchev–Trinajstić information content (AvgIpc) is 2.61. The number of aliphatic imine (C=N–C) groups is 1. The third kappa shape index (κ3) is 5.41. The lowest BCUT2D eigenvalue weighted by molar-refractivity contribution is 0.120. The second-order valence-corrected chi connectivity index (χ2v) is 6.51.